The summed E-state index contributed by atoms with van der Waals surface area (Å²) >= 11 is 3.39. The maximum Gasteiger partial charge on any atom is 0.303 e. The number of halogens is 1. The minimum atomic E-state index is -0.738. The quantitative estimate of drug-likeness (QED) is 0.790. The molecule has 0 radical (unpaired) electrons. The summed E-state index contributed by atoms with van der Waals surface area (Å²) in [6.07, 6.45) is 0.885. The molecule has 16 heavy (non-hydrogen) atoms. The van der Waals surface area contributed by atoms with Gasteiger partial charge in [0.25, 0.3) is 0 Å². The summed E-state index contributed by atoms with van der Waals surface area (Å²) in [6.45, 7) is 2.80. The van der Waals surface area contributed by atoms with Gasteiger partial charge in [0.1, 0.15) is 0 Å². The maximum atomic E-state index is 10.3. The molecule has 1 atom stereocenters. The highest BCUT2D eigenvalue weighted by molar-refractivity contribution is 9.10. The van der Waals surface area contributed by atoms with Crippen molar-refractivity contribution in [2.75, 3.05) is 6.54 Å². The molecule has 0 heterocycles. The Kier molecular flexibility index (Phi) is 5.49. The minimum absolute atomic E-state index is 0.222. The molecular weight excluding hydrogens is 270 g/mol. The first kappa shape index (κ1) is 13.2. The summed E-state index contributed by atoms with van der Waals surface area (Å²) < 4.78 is 1.06. The Balaban J connectivity index is 2.32. The van der Waals surface area contributed by atoms with Gasteiger partial charge in [0.05, 0.1) is 0 Å². The third kappa shape index (κ3) is 4.77. The molecule has 0 saturated heterocycles. The number of carbonyl (C=O) groups is 1. The number of benzene rings is 1. The fourth-order valence-corrected chi connectivity index (χ4v) is 1.69. The largest absolute Gasteiger partial charge is 0.481 e. The zero-order chi connectivity index (χ0) is 12.0. The monoisotopic (exact) mass is 285 g/mol. The molecule has 0 aliphatic carbocycles. The first-order valence-electron chi connectivity index (χ1n) is 5.30. The average Bonchev–Trinajstić information content (AvgIpc) is 2.25. The van der Waals surface area contributed by atoms with E-state index in [1.807, 2.05) is 12.1 Å². The van der Waals surface area contributed by atoms with E-state index in [4.69, 9.17) is 5.11 Å². The van der Waals surface area contributed by atoms with Crippen LogP contribution in [0.25, 0.3) is 0 Å². The Hall–Kier alpha value is -0.870. The number of aliphatic carboxylic acids is 1. The Morgan fingerprint density at radius 2 is 2.06 bits per heavy atom. The molecule has 0 unspecified atom stereocenters. The van der Waals surface area contributed by atoms with Crippen LogP contribution in [0.4, 0.5) is 0 Å². The molecule has 0 aliphatic heterocycles. The van der Waals surface area contributed by atoms with E-state index in [2.05, 4.69) is 40.3 Å². The van der Waals surface area contributed by atoms with Gasteiger partial charge in [0.2, 0.25) is 0 Å². The number of nitrogens with one attached hydrogen (secondary N) is 1. The van der Waals surface area contributed by atoms with E-state index in [0.29, 0.717) is 6.42 Å². The fraction of sp³-hybridized carbons (Fsp3) is 0.417. The van der Waals surface area contributed by atoms with Crippen LogP contribution in [0.1, 0.15) is 31.4 Å². The van der Waals surface area contributed by atoms with Crippen molar-refractivity contribution in [1.29, 1.82) is 0 Å². The highest BCUT2D eigenvalue weighted by atomic mass is 79.9. The van der Waals surface area contributed by atoms with Crippen molar-refractivity contribution in [2.24, 2.45) is 0 Å². The lowest BCUT2D eigenvalue weighted by atomic mass is 10.1. The molecule has 0 saturated carbocycles. The second-order valence-corrected chi connectivity index (χ2v) is 4.64. The number of hydrogen-bond acceptors (Lipinski definition) is 2. The molecular formula is C12H16BrNO2. The van der Waals surface area contributed by atoms with Gasteiger partial charge in [0.15, 0.2) is 0 Å². The van der Waals surface area contributed by atoms with E-state index < -0.39 is 5.97 Å². The van der Waals surface area contributed by atoms with E-state index in [0.717, 1.165) is 11.0 Å². The molecule has 4 heteroatoms. The fourth-order valence-electron chi connectivity index (χ4n) is 1.43. The van der Waals surface area contributed by atoms with Crippen molar-refractivity contribution in [2.45, 2.75) is 25.8 Å². The summed E-state index contributed by atoms with van der Waals surface area (Å²) in [4.78, 5) is 10.3. The molecule has 0 fully saturated rings. The van der Waals surface area contributed by atoms with E-state index in [1.54, 1.807) is 0 Å². The molecule has 3 nitrogen and oxygen atoms in total. The molecule has 2 N–H and O–H groups in total. The minimum Gasteiger partial charge on any atom is -0.481 e. The summed E-state index contributed by atoms with van der Waals surface area (Å²) in [5.41, 5.74) is 1.21. The van der Waals surface area contributed by atoms with Gasteiger partial charge in [-0.25, -0.2) is 0 Å². The second kappa shape index (κ2) is 6.66. The first-order chi connectivity index (χ1) is 7.59. The molecule has 0 aliphatic rings. The maximum absolute atomic E-state index is 10.3. The zero-order valence-electron chi connectivity index (χ0n) is 9.24. The first-order valence-corrected chi connectivity index (χ1v) is 6.09. The summed E-state index contributed by atoms with van der Waals surface area (Å²) in [7, 11) is 0. The van der Waals surface area contributed by atoms with Crippen molar-refractivity contribution in [3.8, 4) is 0 Å². The number of rotatable bonds is 6. The predicted molar refractivity (Wildman–Crippen MR) is 67.4 cm³/mol. The van der Waals surface area contributed by atoms with Gasteiger partial charge < -0.3 is 10.4 Å². The molecule has 0 aromatic heterocycles. The van der Waals surface area contributed by atoms with Crippen LogP contribution < -0.4 is 5.32 Å². The molecule has 1 rings (SSSR count). The highest BCUT2D eigenvalue weighted by Gasteiger charge is 2.04. The number of carboxylic acid groups (broad SMARTS) is 1. The third-order valence-electron chi connectivity index (χ3n) is 2.39. The second-order valence-electron chi connectivity index (χ2n) is 3.72. The molecule has 0 amide bonds. The van der Waals surface area contributed by atoms with Crippen LogP contribution in [0.3, 0.4) is 0 Å². The average molecular weight is 286 g/mol. The molecule has 88 valence electrons. The van der Waals surface area contributed by atoms with Crippen LogP contribution in [-0.4, -0.2) is 17.6 Å². The van der Waals surface area contributed by atoms with E-state index in [9.17, 15) is 4.79 Å². The van der Waals surface area contributed by atoms with Crippen LogP contribution >= 0.6 is 15.9 Å². The number of hydrogen-bond donors (Lipinski definition) is 2. The van der Waals surface area contributed by atoms with Gasteiger partial charge in [-0.2, -0.15) is 0 Å². The van der Waals surface area contributed by atoms with Crippen LogP contribution in [0.5, 0.6) is 0 Å². The molecule has 0 spiro atoms. The zero-order valence-corrected chi connectivity index (χ0v) is 10.8. The Morgan fingerprint density at radius 1 is 1.44 bits per heavy atom. The van der Waals surface area contributed by atoms with Gasteiger partial charge >= 0.3 is 5.97 Å². The van der Waals surface area contributed by atoms with Crippen LogP contribution in [-0.2, 0) is 4.79 Å². The third-order valence-corrected chi connectivity index (χ3v) is 2.92. The van der Waals surface area contributed by atoms with E-state index in [-0.39, 0.29) is 12.5 Å². The van der Waals surface area contributed by atoms with Crippen LogP contribution in [0.2, 0.25) is 0 Å². The van der Waals surface area contributed by atoms with E-state index in [1.165, 1.54) is 5.56 Å². The van der Waals surface area contributed by atoms with Crippen molar-refractivity contribution in [3.05, 3.63) is 34.3 Å². The van der Waals surface area contributed by atoms with Gasteiger partial charge in [-0.1, -0.05) is 28.1 Å². The lowest BCUT2D eigenvalue weighted by Gasteiger charge is -2.13. The molecule has 1 aromatic rings. The van der Waals surface area contributed by atoms with Crippen molar-refractivity contribution in [1.82, 2.24) is 5.32 Å². The Labute approximate surface area is 104 Å². The highest BCUT2D eigenvalue weighted by Crippen LogP contribution is 2.16. The van der Waals surface area contributed by atoms with E-state index >= 15 is 0 Å². The van der Waals surface area contributed by atoms with Crippen LogP contribution in [0.15, 0.2) is 28.7 Å². The van der Waals surface area contributed by atoms with Gasteiger partial charge in [-0.15, -0.1) is 0 Å². The topological polar surface area (TPSA) is 49.3 Å². The predicted octanol–water partition coefficient (Wildman–Crippen LogP) is 2.96. The normalized spacial score (nSPS) is 12.4. The Bertz CT molecular complexity index is 337. The SMILES string of the molecule is C[C@H](NCCCC(=O)O)c1ccc(Br)cc1. The van der Waals surface area contributed by atoms with Crippen molar-refractivity contribution >= 4 is 21.9 Å². The smallest absolute Gasteiger partial charge is 0.303 e. The van der Waals surface area contributed by atoms with Crippen molar-refractivity contribution < 1.29 is 9.90 Å². The summed E-state index contributed by atoms with van der Waals surface area (Å²) in [5.74, 6) is -0.738. The summed E-state index contributed by atoms with van der Waals surface area (Å²) in [5, 5.41) is 11.8. The summed E-state index contributed by atoms with van der Waals surface area (Å²) in [6, 6.07) is 8.37. The van der Waals surface area contributed by atoms with Crippen LogP contribution in [0, 0.1) is 0 Å². The molecule has 0 bridgehead atoms. The lowest BCUT2D eigenvalue weighted by molar-refractivity contribution is -0.137. The standard InChI is InChI=1S/C12H16BrNO2/c1-9(14-8-2-3-12(15)16)10-4-6-11(13)7-5-10/h4-7,9,14H,2-3,8H2,1H3,(H,15,16)/t9-/m0/s1. The van der Waals surface area contributed by atoms with Crippen molar-refractivity contribution in [3.63, 3.8) is 0 Å². The Morgan fingerprint density at radius 3 is 2.62 bits per heavy atom. The van der Waals surface area contributed by atoms with Gasteiger partial charge in [0, 0.05) is 16.9 Å². The van der Waals surface area contributed by atoms with Gasteiger partial charge in [-0.05, 0) is 37.6 Å². The van der Waals surface area contributed by atoms with Gasteiger partial charge in [-0.3, -0.25) is 4.79 Å². The lowest BCUT2D eigenvalue weighted by Crippen LogP contribution is -2.20. The molecule has 1 aromatic carbocycles. The number of carboxylic acids is 1.